The first kappa shape index (κ1) is 14.6. The minimum atomic E-state index is 0.731. The van der Waals surface area contributed by atoms with Crippen molar-refractivity contribution < 1.29 is 4.74 Å². The molecule has 0 radical (unpaired) electrons. The molecule has 3 nitrogen and oxygen atoms in total. The molecule has 0 unspecified atom stereocenters. The summed E-state index contributed by atoms with van der Waals surface area (Å²) in [7, 11) is 4.07. The monoisotopic (exact) mass is 282 g/mol. The summed E-state index contributed by atoms with van der Waals surface area (Å²) in [6.07, 6.45) is 2.33. The Labute approximate surface area is 120 Å². The van der Waals surface area contributed by atoms with Crippen LogP contribution in [0.2, 0.25) is 5.02 Å². The number of benzene rings is 1. The highest BCUT2D eigenvalue weighted by molar-refractivity contribution is 6.31. The second-order valence-corrected chi connectivity index (χ2v) is 5.65. The predicted molar refractivity (Wildman–Crippen MR) is 81.0 cm³/mol. The maximum atomic E-state index is 6.31. The van der Waals surface area contributed by atoms with Gasteiger partial charge in [-0.05, 0) is 43.5 Å². The van der Waals surface area contributed by atoms with E-state index in [2.05, 4.69) is 35.5 Å². The Bertz CT molecular complexity index is 405. The van der Waals surface area contributed by atoms with Crippen LogP contribution in [0.4, 0.5) is 5.69 Å². The fraction of sp³-hybridized carbons (Fsp3) is 0.600. The quantitative estimate of drug-likeness (QED) is 0.899. The highest BCUT2D eigenvalue weighted by Crippen LogP contribution is 2.25. The van der Waals surface area contributed by atoms with E-state index in [0.717, 1.165) is 55.6 Å². The van der Waals surface area contributed by atoms with Gasteiger partial charge in [-0.2, -0.15) is 0 Å². The summed E-state index contributed by atoms with van der Waals surface area (Å²) in [5, 5.41) is 3.97. The normalized spacial score (nSPS) is 16.6. The Balaban J connectivity index is 1.98. The molecule has 106 valence electrons. The van der Waals surface area contributed by atoms with Crippen LogP contribution in [-0.4, -0.2) is 33.9 Å². The van der Waals surface area contributed by atoms with Crippen LogP contribution in [0.3, 0.4) is 0 Å². The van der Waals surface area contributed by atoms with E-state index in [0.29, 0.717) is 0 Å². The van der Waals surface area contributed by atoms with Gasteiger partial charge in [-0.25, -0.2) is 0 Å². The van der Waals surface area contributed by atoms with Gasteiger partial charge in [0.25, 0.3) is 0 Å². The predicted octanol–water partition coefficient (Wildman–Crippen LogP) is 2.92. The molecule has 19 heavy (non-hydrogen) atoms. The molecular weight excluding hydrogens is 260 g/mol. The second-order valence-electron chi connectivity index (χ2n) is 5.24. The van der Waals surface area contributed by atoms with Gasteiger partial charge in [0.05, 0.1) is 0 Å². The molecule has 4 heteroatoms. The van der Waals surface area contributed by atoms with E-state index < -0.39 is 0 Å². The van der Waals surface area contributed by atoms with Crippen molar-refractivity contribution in [3.8, 4) is 0 Å². The molecule has 0 spiro atoms. The lowest BCUT2D eigenvalue weighted by Crippen LogP contribution is -2.29. The smallest absolute Gasteiger partial charge is 0.0471 e. The zero-order chi connectivity index (χ0) is 13.7. The molecule has 2 rings (SSSR count). The van der Waals surface area contributed by atoms with Gasteiger partial charge in [-0.1, -0.05) is 17.7 Å². The number of hydrogen-bond donors (Lipinski definition) is 1. The third-order valence-corrected chi connectivity index (χ3v) is 4.07. The Hall–Kier alpha value is -0.770. The molecular formula is C15H23ClN2O. The Morgan fingerprint density at radius 3 is 2.74 bits per heavy atom. The molecule has 0 atom stereocenters. The van der Waals surface area contributed by atoms with Crippen LogP contribution in [0.5, 0.6) is 0 Å². The standard InChI is InChI=1S/C15H23ClN2O/c1-17-10-13-3-4-14(9-15(13)16)18(2)11-12-5-7-19-8-6-12/h3-4,9,12,17H,5-8,10-11H2,1-2H3. The van der Waals surface area contributed by atoms with Gasteiger partial charge in [-0.3, -0.25) is 0 Å². The Kier molecular flexibility index (Phi) is 5.49. The van der Waals surface area contributed by atoms with E-state index in [-0.39, 0.29) is 0 Å². The van der Waals surface area contributed by atoms with E-state index in [4.69, 9.17) is 16.3 Å². The number of halogens is 1. The average molecular weight is 283 g/mol. The van der Waals surface area contributed by atoms with Gasteiger partial charge in [0.15, 0.2) is 0 Å². The lowest BCUT2D eigenvalue weighted by Gasteiger charge is -2.28. The molecule has 0 aromatic heterocycles. The number of ether oxygens (including phenoxy) is 1. The molecule has 1 heterocycles. The van der Waals surface area contributed by atoms with Crippen molar-refractivity contribution in [2.75, 3.05) is 38.8 Å². The minimum Gasteiger partial charge on any atom is -0.381 e. The first-order chi connectivity index (χ1) is 9.20. The maximum Gasteiger partial charge on any atom is 0.0471 e. The van der Waals surface area contributed by atoms with E-state index in [1.165, 1.54) is 5.69 Å². The molecule has 0 amide bonds. The topological polar surface area (TPSA) is 24.5 Å². The van der Waals surface area contributed by atoms with Gasteiger partial charge in [0, 0.05) is 44.1 Å². The number of nitrogens with one attached hydrogen (secondary N) is 1. The molecule has 1 aromatic rings. The molecule has 0 aliphatic carbocycles. The van der Waals surface area contributed by atoms with Gasteiger partial charge in [0.2, 0.25) is 0 Å². The third kappa shape index (κ3) is 4.10. The third-order valence-electron chi connectivity index (χ3n) is 3.72. The lowest BCUT2D eigenvalue weighted by molar-refractivity contribution is 0.0685. The van der Waals surface area contributed by atoms with Crippen molar-refractivity contribution in [1.29, 1.82) is 0 Å². The van der Waals surface area contributed by atoms with Crippen LogP contribution < -0.4 is 10.2 Å². The van der Waals surface area contributed by atoms with Crippen molar-refractivity contribution in [1.82, 2.24) is 5.32 Å². The van der Waals surface area contributed by atoms with Gasteiger partial charge in [0.1, 0.15) is 0 Å². The van der Waals surface area contributed by atoms with E-state index in [9.17, 15) is 0 Å². The molecule has 1 fully saturated rings. The van der Waals surface area contributed by atoms with Gasteiger partial charge < -0.3 is 15.0 Å². The van der Waals surface area contributed by atoms with Crippen LogP contribution in [0.1, 0.15) is 18.4 Å². The van der Waals surface area contributed by atoms with Crippen molar-refractivity contribution in [3.63, 3.8) is 0 Å². The van der Waals surface area contributed by atoms with E-state index >= 15 is 0 Å². The summed E-state index contributed by atoms with van der Waals surface area (Å²) < 4.78 is 5.40. The van der Waals surface area contributed by atoms with Gasteiger partial charge in [-0.15, -0.1) is 0 Å². The van der Waals surface area contributed by atoms with Crippen LogP contribution in [0.25, 0.3) is 0 Å². The average Bonchev–Trinajstić information content (AvgIpc) is 2.42. The number of anilines is 1. The van der Waals surface area contributed by atoms with Crippen LogP contribution in [0.15, 0.2) is 18.2 Å². The molecule has 1 aliphatic rings. The summed E-state index contributed by atoms with van der Waals surface area (Å²) >= 11 is 6.31. The van der Waals surface area contributed by atoms with Gasteiger partial charge >= 0.3 is 0 Å². The molecule has 1 aliphatic heterocycles. The van der Waals surface area contributed by atoms with Crippen LogP contribution >= 0.6 is 11.6 Å². The fourth-order valence-electron chi connectivity index (χ4n) is 2.53. The molecule has 0 saturated carbocycles. The number of rotatable bonds is 5. The summed E-state index contributed by atoms with van der Waals surface area (Å²) in [6.45, 7) is 3.69. The molecule has 1 saturated heterocycles. The summed E-state index contributed by atoms with van der Waals surface area (Å²) in [5.41, 5.74) is 2.34. The summed E-state index contributed by atoms with van der Waals surface area (Å²) in [5.74, 6) is 0.731. The maximum absolute atomic E-state index is 6.31. The number of nitrogens with zero attached hydrogens (tertiary/aromatic N) is 1. The highest BCUT2D eigenvalue weighted by atomic mass is 35.5. The Morgan fingerprint density at radius 1 is 1.37 bits per heavy atom. The van der Waals surface area contributed by atoms with Crippen molar-refractivity contribution in [2.45, 2.75) is 19.4 Å². The highest BCUT2D eigenvalue weighted by Gasteiger charge is 2.16. The first-order valence-corrected chi connectivity index (χ1v) is 7.30. The summed E-state index contributed by atoms with van der Waals surface area (Å²) in [4.78, 5) is 2.30. The lowest BCUT2D eigenvalue weighted by atomic mass is 9.99. The van der Waals surface area contributed by atoms with Crippen LogP contribution in [-0.2, 0) is 11.3 Å². The van der Waals surface area contributed by atoms with Crippen molar-refractivity contribution in [2.24, 2.45) is 5.92 Å². The number of hydrogen-bond acceptors (Lipinski definition) is 3. The SMILES string of the molecule is CNCc1ccc(N(C)CC2CCOCC2)cc1Cl. The van der Waals surface area contributed by atoms with Crippen LogP contribution in [0, 0.1) is 5.92 Å². The first-order valence-electron chi connectivity index (χ1n) is 6.92. The van der Waals surface area contributed by atoms with E-state index in [1.807, 2.05) is 7.05 Å². The largest absolute Gasteiger partial charge is 0.381 e. The van der Waals surface area contributed by atoms with Crippen molar-refractivity contribution in [3.05, 3.63) is 28.8 Å². The fourth-order valence-corrected chi connectivity index (χ4v) is 2.77. The minimum absolute atomic E-state index is 0.731. The molecule has 1 N–H and O–H groups in total. The molecule has 0 bridgehead atoms. The zero-order valence-corrected chi connectivity index (χ0v) is 12.5. The summed E-state index contributed by atoms with van der Waals surface area (Å²) in [6, 6.07) is 6.32. The molecule has 1 aromatic carbocycles. The zero-order valence-electron chi connectivity index (χ0n) is 11.8. The second kappa shape index (κ2) is 7.13. The van der Waals surface area contributed by atoms with E-state index in [1.54, 1.807) is 0 Å². The van der Waals surface area contributed by atoms with Crippen molar-refractivity contribution >= 4 is 17.3 Å². The Morgan fingerprint density at radius 2 is 2.11 bits per heavy atom.